The van der Waals surface area contributed by atoms with Crippen molar-refractivity contribution in [2.24, 2.45) is 0 Å². The van der Waals surface area contributed by atoms with Crippen molar-refractivity contribution >= 4 is 163 Å². The van der Waals surface area contributed by atoms with Crippen LogP contribution in [0.25, 0.3) is 117 Å². The lowest BCUT2D eigenvalue weighted by molar-refractivity contribution is 0.670. The van der Waals surface area contributed by atoms with Gasteiger partial charge in [0.2, 0.25) is 0 Å². The Morgan fingerprint density at radius 1 is 0.266 bits per heavy atom. The summed E-state index contributed by atoms with van der Waals surface area (Å²) in [5.74, 6) is 0. The standard InChI is InChI=1S/C72H44N4OS2/c1-5-19-45(20-6-1)73(61-31-17-33-63-71(61)53-27-13-15-29-59(53)75(63)47-23-9-3-10-24-47)49-35-37-51-57-41-65-55(43-69(57)78-67(51)39-49)56-44-70-58(42-66(56)77-65)52-38-36-50(40-68(52)79-70)74(46-21-7-2-8-22-46)62-32-18-34-64-72(62)54-28-14-16-30-60(54)76(64)48-25-11-4-12-26-48/h1-44H. The van der Waals surface area contributed by atoms with Gasteiger partial charge in [0.1, 0.15) is 11.2 Å². The lowest BCUT2D eigenvalue weighted by Crippen LogP contribution is -2.10. The molecule has 17 aromatic rings. The Labute approximate surface area is 461 Å². The minimum absolute atomic E-state index is 0.907. The molecule has 0 radical (unpaired) electrons. The van der Waals surface area contributed by atoms with Gasteiger partial charge >= 0.3 is 0 Å². The molecular weight excluding hydrogens is 1000 g/mol. The van der Waals surface area contributed by atoms with E-state index in [4.69, 9.17) is 4.42 Å². The smallest absolute Gasteiger partial charge is 0.136 e. The Bertz CT molecular complexity index is 4940. The first-order valence-electron chi connectivity index (χ1n) is 26.7. The normalized spacial score (nSPS) is 12.1. The molecule has 79 heavy (non-hydrogen) atoms. The third kappa shape index (κ3) is 6.74. The molecule has 370 valence electrons. The predicted molar refractivity (Wildman–Crippen MR) is 338 cm³/mol. The molecule has 0 saturated heterocycles. The minimum Gasteiger partial charge on any atom is -0.456 e. The van der Waals surface area contributed by atoms with Crippen molar-refractivity contribution < 1.29 is 4.42 Å². The van der Waals surface area contributed by atoms with Crippen LogP contribution in [0.1, 0.15) is 0 Å². The summed E-state index contributed by atoms with van der Waals surface area (Å²) in [6.45, 7) is 0. The van der Waals surface area contributed by atoms with E-state index in [0.29, 0.717) is 0 Å². The average Bonchev–Trinajstić information content (AvgIpc) is 4.50. The summed E-state index contributed by atoms with van der Waals surface area (Å²) in [6, 6.07) is 97.1. The molecule has 0 aliphatic heterocycles. The van der Waals surface area contributed by atoms with Gasteiger partial charge in [0.25, 0.3) is 0 Å². The number of rotatable bonds is 8. The van der Waals surface area contributed by atoms with Crippen LogP contribution in [0.2, 0.25) is 0 Å². The van der Waals surface area contributed by atoms with E-state index in [1.54, 1.807) is 0 Å². The number of thiophene rings is 2. The number of benzene rings is 12. The van der Waals surface area contributed by atoms with Gasteiger partial charge in [-0.2, -0.15) is 0 Å². The van der Waals surface area contributed by atoms with Crippen LogP contribution in [-0.4, -0.2) is 9.13 Å². The first kappa shape index (κ1) is 44.2. The van der Waals surface area contributed by atoms with Gasteiger partial charge in [-0.15, -0.1) is 22.7 Å². The number of aromatic nitrogens is 2. The largest absolute Gasteiger partial charge is 0.456 e. The molecule has 0 unspecified atom stereocenters. The summed E-state index contributed by atoms with van der Waals surface area (Å²) < 4.78 is 16.6. The van der Waals surface area contributed by atoms with E-state index in [0.717, 1.165) is 67.4 Å². The maximum Gasteiger partial charge on any atom is 0.136 e. The first-order valence-corrected chi connectivity index (χ1v) is 28.4. The number of fused-ring (bicyclic) bond motifs is 15. The van der Waals surface area contributed by atoms with Gasteiger partial charge < -0.3 is 23.4 Å². The fraction of sp³-hybridized carbons (Fsp3) is 0. The zero-order valence-electron chi connectivity index (χ0n) is 42.4. The molecule has 5 nitrogen and oxygen atoms in total. The fourth-order valence-corrected chi connectivity index (χ4v) is 15.0. The Morgan fingerprint density at radius 2 is 0.646 bits per heavy atom. The monoisotopic (exact) mass is 1040 g/mol. The Balaban J connectivity index is 0.783. The zero-order chi connectivity index (χ0) is 51.7. The van der Waals surface area contributed by atoms with Crippen LogP contribution in [0.4, 0.5) is 34.1 Å². The Hall–Kier alpha value is -9.92. The molecule has 0 amide bonds. The summed E-state index contributed by atoms with van der Waals surface area (Å²) in [6.07, 6.45) is 0. The second-order valence-corrected chi connectivity index (χ2v) is 22.6. The highest BCUT2D eigenvalue weighted by molar-refractivity contribution is 7.26. The predicted octanol–water partition coefficient (Wildman–Crippen LogP) is 21.5. The molecule has 5 aromatic heterocycles. The summed E-state index contributed by atoms with van der Waals surface area (Å²) >= 11 is 3.70. The van der Waals surface area contributed by atoms with Crippen molar-refractivity contribution in [2.75, 3.05) is 9.80 Å². The number of hydrogen-bond acceptors (Lipinski definition) is 5. The number of furan rings is 1. The lowest BCUT2D eigenvalue weighted by Gasteiger charge is -2.26. The first-order chi connectivity index (χ1) is 39.2. The Morgan fingerprint density at radius 3 is 1.09 bits per heavy atom. The molecule has 0 fully saturated rings. The Kier molecular flexibility index (Phi) is 9.68. The maximum atomic E-state index is 6.87. The summed E-state index contributed by atoms with van der Waals surface area (Å²) in [5.41, 5.74) is 15.5. The van der Waals surface area contributed by atoms with Crippen LogP contribution < -0.4 is 9.80 Å². The van der Waals surface area contributed by atoms with Crippen LogP contribution in [0, 0.1) is 0 Å². The summed E-state index contributed by atoms with van der Waals surface area (Å²) in [7, 11) is 0. The third-order valence-corrected chi connectivity index (χ3v) is 18.3. The van der Waals surface area contributed by atoms with Crippen molar-refractivity contribution in [3.8, 4) is 11.4 Å². The highest BCUT2D eigenvalue weighted by Gasteiger charge is 2.25. The van der Waals surface area contributed by atoms with Crippen LogP contribution in [0.5, 0.6) is 0 Å². The molecule has 0 atom stereocenters. The highest BCUT2D eigenvalue weighted by atomic mass is 32.1. The molecule has 0 N–H and O–H groups in total. The summed E-state index contributed by atoms with van der Waals surface area (Å²) in [4.78, 5) is 4.86. The molecule has 0 aliphatic carbocycles. The van der Waals surface area contributed by atoms with E-state index < -0.39 is 0 Å². The van der Waals surface area contributed by atoms with Crippen molar-refractivity contribution in [2.45, 2.75) is 0 Å². The number of anilines is 6. The van der Waals surface area contributed by atoms with Gasteiger partial charge in [0, 0.05) is 107 Å². The van der Waals surface area contributed by atoms with E-state index >= 15 is 0 Å². The second kappa shape index (κ2) is 17.3. The maximum absolute atomic E-state index is 6.87. The molecule has 0 saturated carbocycles. The van der Waals surface area contributed by atoms with Gasteiger partial charge in [-0.3, -0.25) is 0 Å². The molecule has 0 aliphatic rings. The summed E-state index contributed by atoms with van der Waals surface area (Å²) in [5, 5.41) is 12.0. The van der Waals surface area contributed by atoms with E-state index in [2.05, 4.69) is 286 Å². The van der Waals surface area contributed by atoms with Gasteiger partial charge in [-0.1, -0.05) is 133 Å². The lowest BCUT2D eigenvalue weighted by atomic mass is 10.1. The van der Waals surface area contributed by atoms with E-state index in [1.807, 2.05) is 22.7 Å². The van der Waals surface area contributed by atoms with Crippen molar-refractivity contribution in [3.63, 3.8) is 0 Å². The molecular formula is C72H44N4OS2. The fourth-order valence-electron chi connectivity index (χ4n) is 12.7. The quantitative estimate of drug-likeness (QED) is 0.152. The molecule has 12 aromatic carbocycles. The molecule has 7 heteroatoms. The molecule has 5 heterocycles. The highest BCUT2D eigenvalue weighted by Crippen LogP contribution is 2.49. The van der Waals surface area contributed by atoms with E-state index in [9.17, 15) is 0 Å². The van der Waals surface area contributed by atoms with Crippen molar-refractivity contribution in [3.05, 3.63) is 267 Å². The van der Waals surface area contributed by atoms with E-state index in [-0.39, 0.29) is 0 Å². The van der Waals surface area contributed by atoms with Crippen LogP contribution in [0.3, 0.4) is 0 Å². The van der Waals surface area contributed by atoms with Crippen molar-refractivity contribution in [1.29, 1.82) is 0 Å². The van der Waals surface area contributed by atoms with Crippen LogP contribution in [-0.2, 0) is 0 Å². The molecule has 0 spiro atoms. The van der Waals surface area contributed by atoms with Crippen LogP contribution >= 0.6 is 22.7 Å². The van der Waals surface area contributed by atoms with E-state index in [1.165, 1.54) is 84.0 Å². The SMILES string of the molecule is c1ccc(N(c2ccc3c(c2)sc2cc4c(cc23)oc2cc3c(cc24)sc2cc(N(c4ccccc4)c4cccc5c4c4ccccc4n5-c4ccccc4)ccc23)c2cccc3c2c2ccccc2n3-c2ccccc2)cc1. The number of hydrogen-bond donors (Lipinski definition) is 0. The van der Waals surface area contributed by atoms with Gasteiger partial charge in [-0.25, -0.2) is 0 Å². The number of nitrogens with zero attached hydrogens (tertiary/aromatic N) is 4. The minimum atomic E-state index is 0.907. The second-order valence-electron chi connectivity index (χ2n) is 20.4. The number of para-hydroxylation sites is 6. The van der Waals surface area contributed by atoms with Gasteiger partial charge in [0.15, 0.2) is 0 Å². The molecule has 0 bridgehead atoms. The van der Waals surface area contributed by atoms with Gasteiger partial charge in [-0.05, 0) is 133 Å². The van der Waals surface area contributed by atoms with Crippen molar-refractivity contribution in [1.82, 2.24) is 9.13 Å². The van der Waals surface area contributed by atoms with Gasteiger partial charge in [0.05, 0.1) is 33.4 Å². The average molecular weight is 1050 g/mol. The molecule has 17 rings (SSSR count). The van der Waals surface area contributed by atoms with Crippen LogP contribution in [0.15, 0.2) is 271 Å². The topological polar surface area (TPSA) is 29.5 Å². The zero-order valence-corrected chi connectivity index (χ0v) is 44.1. The third-order valence-electron chi connectivity index (χ3n) is 16.0.